The summed E-state index contributed by atoms with van der Waals surface area (Å²) < 4.78 is 1.76. The van der Waals surface area contributed by atoms with Crippen molar-refractivity contribution in [1.29, 1.82) is 0 Å². The van der Waals surface area contributed by atoms with Gasteiger partial charge in [-0.2, -0.15) is 5.10 Å². The third-order valence-corrected chi connectivity index (χ3v) is 4.34. The van der Waals surface area contributed by atoms with Crippen LogP contribution in [0.1, 0.15) is 18.4 Å². The van der Waals surface area contributed by atoms with Crippen molar-refractivity contribution >= 4 is 11.7 Å². The number of amides is 2. The van der Waals surface area contributed by atoms with Gasteiger partial charge in [0.1, 0.15) is 0 Å². The van der Waals surface area contributed by atoms with Crippen LogP contribution in [0.5, 0.6) is 0 Å². The highest BCUT2D eigenvalue weighted by Crippen LogP contribution is 2.29. The van der Waals surface area contributed by atoms with Crippen LogP contribution in [-0.4, -0.2) is 26.8 Å². The molecule has 126 valence electrons. The van der Waals surface area contributed by atoms with Crippen LogP contribution >= 0.6 is 0 Å². The van der Waals surface area contributed by atoms with Gasteiger partial charge in [0.2, 0.25) is 0 Å². The number of rotatable bonds is 5. The predicted octanol–water partition coefficient (Wildman–Crippen LogP) is 4.07. The van der Waals surface area contributed by atoms with Gasteiger partial charge in [-0.1, -0.05) is 42.5 Å². The molecule has 1 fully saturated rings. The number of nitrogens with one attached hydrogen (secondary N) is 1. The maximum Gasteiger partial charge on any atom is 0.322 e. The molecule has 1 heterocycles. The van der Waals surface area contributed by atoms with E-state index in [1.165, 1.54) is 0 Å². The van der Waals surface area contributed by atoms with Crippen LogP contribution in [0, 0.1) is 0 Å². The van der Waals surface area contributed by atoms with E-state index in [1.807, 2.05) is 59.6 Å². The van der Waals surface area contributed by atoms with Crippen LogP contribution in [-0.2, 0) is 6.54 Å². The van der Waals surface area contributed by atoms with Gasteiger partial charge in [0.15, 0.2) is 0 Å². The van der Waals surface area contributed by atoms with Crippen molar-refractivity contribution in [2.45, 2.75) is 25.4 Å². The predicted molar refractivity (Wildman–Crippen MR) is 97.6 cm³/mol. The zero-order chi connectivity index (χ0) is 17.1. The number of urea groups is 1. The highest BCUT2D eigenvalue weighted by Gasteiger charge is 2.32. The summed E-state index contributed by atoms with van der Waals surface area (Å²) in [6, 6.07) is 20.0. The third-order valence-electron chi connectivity index (χ3n) is 4.34. The summed E-state index contributed by atoms with van der Waals surface area (Å²) in [4.78, 5) is 14.8. The van der Waals surface area contributed by atoms with Crippen LogP contribution in [0.15, 0.2) is 73.1 Å². The zero-order valence-electron chi connectivity index (χ0n) is 13.9. The van der Waals surface area contributed by atoms with Gasteiger partial charge in [0.25, 0.3) is 0 Å². The van der Waals surface area contributed by atoms with E-state index in [9.17, 15) is 4.79 Å². The first kappa shape index (κ1) is 15.4. The fourth-order valence-electron chi connectivity index (χ4n) is 2.91. The van der Waals surface area contributed by atoms with Gasteiger partial charge in [-0.3, -0.25) is 0 Å². The molecule has 25 heavy (non-hydrogen) atoms. The van der Waals surface area contributed by atoms with Gasteiger partial charge in [-0.05, 0) is 36.6 Å². The Hall–Kier alpha value is -3.08. The first-order valence-electron chi connectivity index (χ1n) is 8.52. The Morgan fingerprint density at radius 2 is 1.84 bits per heavy atom. The molecule has 0 aliphatic heterocycles. The lowest BCUT2D eigenvalue weighted by Gasteiger charge is -2.23. The minimum Gasteiger partial charge on any atom is -0.317 e. The molecule has 5 heteroatoms. The molecule has 1 aliphatic rings. The fraction of sp³-hybridized carbons (Fsp3) is 0.200. The maximum absolute atomic E-state index is 12.9. The average Bonchev–Trinajstić information content (AvgIpc) is 3.34. The van der Waals surface area contributed by atoms with Crippen LogP contribution in [0.2, 0.25) is 0 Å². The standard InChI is InChI=1S/C20H20N4O/c25-20(23(17-11-12-17)15-16-7-2-1-3-8-16)22-18-9-4-5-10-19(18)24-14-6-13-21-24/h1-10,13-14,17H,11-12,15H2,(H,22,25). The van der Waals surface area contributed by atoms with Crippen molar-refractivity contribution in [3.05, 3.63) is 78.6 Å². The smallest absolute Gasteiger partial charge is 0.317 e. The number of hydrogen-bond acceptors (Lipinski definition) is 2. The Morgan fingerprint density at radius 1 is 1.08 bits per heavy atom. The molecule has 0 saturated heterocycles. The van der Waals surface area contributed by atoms with Gasteiger partial charge in [0, 0.05) is 25.0 Å². The molecular weight excluding hydrogens is 312 g/mol. The van der Waals surface area contributed by atoms with E-state index in [1.54, 1.807) is 10.9 Å². The molecule has 0 unspecified atom stereocenters. The molecule has 0 radical (unpaired) electrons. The Kier molecular flexibility index (Phi) is 4.21. The number of aromatic nitrogens is 2. The number of hydrogen-bond donors (Lipinski definition) is 1. The second-order valence-electron chi connectivity index (χ2n) is 6.24. The molecule has 2 amide bonds. The Morgan fingerprint density at radius 3 is 2.56 bits per heavy atom. The molecule has 1 aromatic heterocycles. The number of benzene rings is 2. The zero-order valence-corrected chi connectivity index (χ0v) is 13.9. The Labute approximate surface area is 146 Å². The van der Waals surface area contributed by atoms with Crippen molar-refractivity contribution in [2.24, 2.45) is 0 Å². The summed E-state index contributed by atoms with van der Waals surface area (Å²) in [7, 11) is 0. The molecule has 4 rings (SSSR count). The van der Waals surface area contributed by atoms with Gasteiger partial charge in [-0.25, -0.2) is 9.48 Å². The fourth-order valence-corrected chi connectivity index (χ4v) is 2.91. The summed E-state index contributed by atoms with van der Waals surface area (Å²) in [5.41, 5.74) is 2.76. The van der Waals surface area contributed by atoms with Crippen molar-refractivity contribution in [1.82, 2.24) is 14.7 Å². The summed E-state index contributed by atoms with van der Waals surface area (Å²) in [5, 5.41) is 7.33. The number of nitrogens with zero attached hydrogens (tertiary/aromatic N) is 3. The summed E-state index contributed by atoms with van der Waals surface area (Å²) in [5.74, 6) is 0. The molecular formula is C20H20N4O. The molecule has 1 saturated carbocycles. The molecule has 0 atom stereocenters. The Bertz CT molecular complexity index is 841. The molecule has 5 nitrogen and oxygen atoms in total. The highest BCUT2D eigenvalue weighted by atomic mass is 16.2. The largest absolute Gasteiger partial charge is 0.322 e. The lowest BCUT2D eigenvalue weighted by Crippen LogP contribution is -2.36. The van der Waals surface area contributed by atoms with Crippen LogP contribution in [0.4, 0.5) is 10.5 Å². The Balaban J connectivity index is 1.54. The molecule has 1 N–H and O–H groups in total. The van der Waals surface area contributed by atoms with E-state index in [0.717, 1.165) is 29.8 Å². The maximum atomic E-state index is 12.9. The number of anilines is 1. The van der Waals surface area contributed by atoms with E-state index in [2.05, 4.69) is 22.5 Å². The van der Waals surface area contributed by atoms with Crippen LogP contribution < -0.4 is 5.32 Å². The van der Waals surface area contributed by atoms with E-state index >= 15 is 0 Å². The quantitative estimate of drug-likeness (QED) is 0.766. The second kappa shape index (κ2) is 6.81. The van der Waals surface area contributed by atoms with E-state index in [0.29, 0.717) is 12.6 Å². The molecule has 0 bridgehead atoms. The van der Waals surface area contributed by atoms with Crippen LogP contribution in [0.25, 0.3) is 5.69 Å². The van der Waals surface area contributed by atoms with Crippen molar-refractivity contribution < 1.29 is 4.79 Å². The second-order valence-corrected chi connectivity index (χ2v) is 6.24. The molecule has 3 aromatic rings. The molecule has 0 spiro atoms. The number of carbonyl (C=O) groups is 1. The third kappa shape index (κ3) is 3.55. The van der Waals surface area contributed by atoms with E-state index < -0.39 is 0 Å². The van der Waals surface area contributed by atoms with Crippen molar-refractivity contribution in [3.8, 4) is 5.69 Å². The SMILES string of the molecule is O=C(Nc1ccccc1-n1cccn1)N(Cc1ccccc1)C1CC1. The molecule has 2 aromatic carbocycles. The summed E-state index contributed by atoms with van der Waals surface area (Å²) >= 11 is 0. The topological polar surface area (TPSA) is 50.2 Å². The monoisotopic (exact) mass is 332 g/mol. The van der Waals surface area contributed by atoms with Gasteiger partial charge in [-0.15, -0.1) is 0 Å². The lowest BCUT2D eigenvalue weighted by molar-refractivity contribution is 0.206. The van der Waals surface area contributed by atoms with Crippen molar-refractivity contribution in [2.75, 3.05) is 5.32 Å². The van der Waals surface area contributed by atoms with E-state index in [4.69, 9.17) is 0 Å². The highest BCUT2D eigenvalue weighted by molar-refractivity contribution is 5.92. The van der Waals surface area contributed by atoms with Gasteiger partial charge < -0.3 is 10.2 Å². The summed E-state index contributed by atoms with van der Waals surface area (Å²) in [6.07, 6.45) is 5.74. The van der Waals surface area contributed by atoms with Crippen LogP contribution in [0.3, 0.4) is 0 Å². The normalized spacial score (nSPS) is 13.4. The molecule has 1 aliphatic carbocycles. The van der Waals surface area contributed by atoms with Gasteiger partial charge >= 0.3 is 6.03 Å². The first-order chi connectivity index (χ1) is 12.3. The van der Waals surface area contributed by atoms with Crippen molar-refractivity contribution in [3.63, 3.8) is 0 Å². The average molecular weight is 332 g/mol. The summed E-state index contributed by atoms with van der Waals surface area (Å²) in [6.45, 7) is 0.626. The number of para-hydroxylation sites is 2. The minimum absolute atomic E-state index is 0.0639. The van der Waals surface area contributed by atoms with Gasteiger partial charge in [0.05, 0.1) is 11.4 Å². The first-order valence-corrected chi connectivity index (χ1v) is 8.52. The minimum atomic E-state index is -0.0639. The number of carbonyl (C=O) groups excluding carboxylic acids is 1. The van der Waals surface area contributed by atoms with E-state index in [-0.39, 0.29) is 6.03 Å². The lowest BCUT2D eigenvalue weighted by atomic mass is 10.2.